The van der Waals surface area contributed by atoms with Crippen LogP contribution in [-0.2, 0) is 18.3 Å². The molecule has 4 aliphatic rings. The molecule has 4 aliphatic heterocycles. The molecular weight excluding hydrogens is 396 g/mol. The molecule has 0 aromatic heterocycles. The highest BCUT2D eigenvalue weighted by Gasteiger charge is 2.50. The molecule has 0 aromatic rings. The van der Waals surface area contributed by atoms with Crippen molar-refractivity contribution in [3.63, 3.8) is 0 Å². The molecule has 4 nitrogen and oxygen atoms in total. The Morgan fingerprint density at radius 3 is 1.59 bits per heavy atom. The fourth-order valence-electron chi connectivity index (χ4n) is 2.90. The van der Waals surface area contributed by atoms with Crippen molar-refractivity contribution >= 4 is 32.1 Å². The first-order valence-electron chi connectivity index (χ1n) is 8.69. The summed E-state index contributed by atoms with van der Waals surface area (Å²) in [5, 5.41) is 6.19. The first-order valence-corrected chi connectivity index (χ1v) is 12.6. The van der Waals surface area contributed by atoms with Gasteiger partial charge in [-0.3, -0.25) is 0 Å². The van der Waals surface area contributed by atoms with Gasteiger partial charge < -0.3 is 18.3 Å². The van der Waals surface area contributed by atoms with Gasteiger partial charge in [-0.1, -0.05) is 0 Å². The Labute approximate surface area is 168 Å². The molecule has 0 aromatic carbocycles. The molecule has 0 atom stereocenters. The Hall–Kier alpha value is -1.96. The molecule has 0 N–H and O–H groups in total. The van der Waals surface area contributed by atoms with Gasteiger partial charge in [0, 0.05) is 21.9 Å². The summed E-state index contributed by atoms with van der Waals surface area (Å²) in [7, 11) is -3.04. The Morgan fingerprint density at radius 2 is 1.22 bits per heavy atom. The molecule has 0 saturated heterocycles. The van der Waals surface area contributed by atoms with Gasteiger partial charge in [-0.15, -0.1) is 23.5 Å². The number of allylic oxidation sites excluding steroid dienone is 6. The maximum Gasteiger partial charge on any atom is 0.531 e. The van der Waals surface area contributed by atoms with E-state index < -0.39 is 8.56 Å². The van der Waals surface area contributed by atoms with Crippen LogP contribution in [-0.4, -0.2) is 33.3 Å². The van der Waals surface area contributed by atoms with Gasteiger partial charge in [0.05, 0.1) is 12.5 Å². The van der Waals surface area contributed by atoms with Gasteiger partial charge in [0.15, 0.2) is 0 Å². The Kier molecular flexibility index (Phi) is 6.01. The molecule has 27 heavy (non-hydrogen) atoms. The van der Waals surface area contributed by atoms with Gasteiger partial charge in [0.2, 0.25) is 0 Å². The van der Waals surface area contributed by atoms with Crippen LogP contribution >= 0.6 is 23.5 Å². The van der Waals surface area contributed by atoms with Crippen LogP contribution in [0.1, 0.15) is 0 Å². The van der Waals surface area contributed by atoms with Gasteiger partial charge in [-0.05, 0) is 59.4 Å². The van der Waals surface area contributed by atoms with E-state index in [-0.39, 0.29) is 0 Å². The van der Waals surface area contributed by atoms with Gasteiger partial charge >= 0.3 is 8.56 Å². The summed E-state index contributed by atoms with van der Waals surface area (Å²) in [6.07, 6.45) is 19.7. The second-order valence-corrected chi connectivity index (χ2v) is 10.6. The van der Waals surface area contributed by atoms with Crippen LogP contribution in [0.5, 0.6) is 0 Å². The van der Waals surface area contributed by atoms with Gasteiger partial charge in [-0.2, -0.15) is 0 Å². The molecule has 7 heteroatoms. The predicted molar refractivity (Wildman–Crippen MR) is 114 cm³/mol. The van der Waals surface area contributed by atoms with Gasteiger partial charge in [0.25, 0.3) is 0 Å². The van der Waals surface area contributed by atoms with E-state index in [1.54, 1.807) is 36.0 Å². The summed E-state index contributed by atoms with van der Waals surface area (Å²) in [6.45, 7) is 1.02. The zero-order valence-corrected chi connectivity index (χ0v) is 17.3. The topological polar surface area (TPSA) is 36.9 Å². The SMILES string of the molecule is C1=CC([Si](OC2=CCSC=C2)(OC2=CCSC=C2)C2=CCOC=C2)=CCO1. The van der Waals surface area contributed by atoms with Crippen LogP contribution in [0.2, 0.25) is 0 Å². The zero-order chi connectivity index (χ0) is 18.4. The van der Waals surface area contributed by atoms with Crippen LogP contribution < -0.4 is 0 Å². The lowest BCUT2D eigenvalue weighted by molar-refractivity contribution is 0.269. The fourth-order valence-corrected chi connectivity index (χ4v) is 7.19. The second kappa shape index (κ2) is 8.82. The lowest BCUT2D eigenvalue weighted by Crippen LogP contribution is -2.47. The molecule has 0 spiro atoms. The smallest absolute Gasteiger partial charge is 0.506 e. The number of ether oxygens (including phenoxy) is 2. The highest BCUT2D eigenvalue weighted by Crippen LogP contribution is 2.36. The highest BCUT2D eigenvalue weighted by atomic mass is 32.2. The number of rotatable bonds is 6. The van der Waals surface area contributed by atoms with Crippen molar-refractivity contribution in [1.82, 2.24) is 0 Å². The first kappa shape index (κ1) is 18.4. The molecule has 4 heterocycles. The molecule has 0 unspecified atom stereocenters. The van der Waals surface area contributed by atoms with Crippen LogP contribution in [0.3, 0.4) is 0 Å². The van der Waals surface area contributed by atoms with Gasteiger partial charge in [-0.25, -0.2) is 0 Å². The van der Waals surface area contributed by atoms with Crippen LogP contribution in [0.25, 0.3) is 0 Å². The molecule has 0 saturated carbocycles. The van der Waals surface area contributed by atoms with Crippen molar-refractivity contribution in [3.8, 4) is 0 Å². The summed E-state index contributed by atoms with van der Waals surface area (Å²) in [5.74, 6) is 3.48. The van der Waals surface area contributed by atoms with E-state index >= 15 is 0 Å². The standard InChI is InChI=1S/C20H20O4S2Si/c1-9-21-10-2-19(1)27(20-3-11-22-12-4-20,23-17-5-13-25-14-6-17)24-18-7-15-26-16-8-18/h1-9,11,13,15H,10,12,14,16H2. The minimum absolute atomic E-state index is 0.510. The van der Waals surface area contributed by atoms with Crippen molar-refractivity contribution in [2.24, 2.45) is 0 Å². The quantitative estimate of drug-likeness (QED) is 0.581. The van der Waals surface area contributed by atoms with E-state index in [9.17, 15) is 0 Å². The summed E-state index contributed by atoms with van der Waals surface area (Å²) >= 11 is 3.49. The summed E-state index contributed by atoms with van der Waals surface area (Å²) in [5.41, 5.74) is 0. The summed E-state index contributed by atoms with van der Waals surface area (Å²) in [4.78, 5) is 0. The Morgan fingerprint density at radius 1 is 0.704 bits per heavy atom. The van der Waals surface area contributed by atoms with Crippen molar-refractivity contribution in [2.75, 3.05) is 24.7 Å². The summed E-state index contributed by atoms with van der Waals surface area (Å²) in [6, 6.07) is 0. The Balaban J connectivity index is 1.78. The number of thioether (sulfide) groups is 2. The molecule has 0 aliphatic carbocycles. The fraction of sp³-hybridized carbons (Fsp3) is 0.200. The van der Waals surface area contributed by atoms with Crippen molar-refractivity contribution in [1.29, 1.82) is 0 Å². The third-order valence-corrected chi connectivity index (χ3v) is 8.87. The van der Waals surface area contributed by atoms with Crippen molar-refractivity contribution < 1.29 is 18.3 Å². The van der Waals surface area contributed by atoms with E-state index in [1.165, 1.54) is 0 Å². The molecule has 0 radical (unpaired) electrons. The molecule has 0 amide bonds. The van der Waals surface area contributed by atoms with E-state index in [2.05, 4.69) is 35.1 Å². The predicted octanol–water partition coefficient (Wildman–Crippen LogP) is 4.77. The lowest BCUT2D eigenvalue weighted by Gasteiger charge is -2.35. The largest absolute Gasteiger partial charge is 0.531 e. The average Bonchev–Trinajstić information content (AvgIpc) is 2.76. The maximum absolute atomic E-state index is 6.71. The van der Waals surface area contributed by atoms with Crippen molar-refractivity contribution in [2.45, 2.75) is 0 Å². The van der Waals surface area contributed by atoms with Crippen LogP contribution in [0, 0.1) is 0 Å². The third kappa shape index (κ3) is 4.31. The zero-order valence-electron chi connectivity index (χ0n) is 14.7. The minimum atomic E-state index is -3.04. The van der Waals surface area contributed by atoms with E-state index in [0.717, 1.165) is 33.4 Å². The molecule has 0 bridgehead atoms. The molecular formula is C20H20O4S2Si. The lowest BCUT2D eigenvalue weighted by atomic mass is 10.4. The number of hydrogen-bond donors (Lipinski definition) is 0. The second-order valence-electron chi connectivity index (χ2n) is 5.90. The average molecular weight is 417 g/mol. The maximum atomic E-state index is 6.71. The highest BCUT2D eigenvalue weighted by molar-refractivity contribution is 8.02. The van der Waals surface area contributed by atoms with E-state index in [0.29, 0.717) is 13.2 Å². The van der Waals surface area contributed by atoms with Crippen LogP contribution in [0.4, 0.5) is 0 Å². The summed E-state index contributed by atoms with van der Waals surface area (Å²) < 4.78 is 24.2. The van der Waals surface area contributed by atoms with Gasteiger partial charge in [0.1, 0.15) is 24.7 Å². The van der Waals surface area contributed by atoms with E-state index in [4.69, 9.17) is 18.3 Å². The molecule has 140 valence electrons. The normalized spacial score (nSPS) is 21.3. The first-order chi connectivity index (χ1) is 13.4. The monoisotopic (exact) mass is 416 g/mol. The molecule has 0 fully saturated rings. The van der Waals surface area contributed by atoms with Crippen molar-refractivity contribution in [3.05, 3.63) is 93.9 Å². The molecule has 4 rings (SSSR count). The number of hydrogen-bond acceptors (Lipinski definition) is 6. The Bertz CT molecular complexity index is 750. The van der Waals surface area contributed by atoms with Crippen LogP contribution in [0.15, 0.2) is 93.9 Å². The van der Waals surface area contributed by atoms with E-state index in [1.807, 2.05) is 24.3 Å². The third-order valence-electron chi connectivity index (χ3n) is 4.19. The minimum Gasteiger partial charge on any atom is -0.506 e.